The molecular formula is C18H27N3O. The summed E-state index contributed by atoms with van der Waals surface area (Å²) in [7, 11) is 0. The topological polar surface area (TPSA) is 58.4 Å². The molecule has 1 aromatic carbocycles. The minimum absolute atomic E-state index is 0.00316. The molecule has 0 spiro atoms. The largest absolute Gasteiger partial charge is 0.399 e. The van der Waals surface area contributed by atoms with Gasteiger partial charge in [-0.3, -0.25) is 4.79 Å². The average Bonchev–Trinajstić information content (AvgIpc) is 2.56. The van der Waals surface area contributed by atoms with Crippen molar-refractivity contribution in [3.8, 4) is 0 Å². The first-order valence-electron chi connectivity index (χ1n) is 8.63. The average molecular weight is 301 g/mol. The Morgan fingerprint density at radius 3 is 2.50 bits per heavy atom. The monoisotopic (exact) mass is 301 g/mol. The zero-order valence-corrected chi connectivity index (χ0v) is 13.3. The van der Waals surface area contributed by atoms with E-state index in [1.807, 2.05) is 12.1 Å². The Kier molecular flexibility index (Phi) is 4.98. The van der Waals surface area contributed by atoms with Crippen LogP contribution in [0, 0.1) is 0 Å². The Balaban J connectivity index is 1.48. The van der Waals surface area contributed by atoms with Gasteiger partial charge in [-0.1, -0.05) is 25.3 Å². The van der Waals surface area contributed by atoms with Crippen molar-refractivity contribution in [2.24, 2.45) is 0 Å². The Morgan fingerprint density at radius 2 is 1.82 bits per heavy atom. The third-order valence-electron chi connectivity index (χ3n) is 5.10. The molecule has 1 aromatic rings. The third-order valence-corrected chi connectivity index (χ3v) is 5.10. The van der Waals surface area contributed by atoms with Crippen molar-refractivity contribution in [2.75, 3.05) is 18.8 Å². The molecule has 1 saturated carbocycles. The molecule has 4 nitrogen and oxygen atoms in total. The van der Waals surface area contributed by atoms with Crippen LogP contribution in [0.25, 0.3) is 0 Å². The van der Waals surface area contributed by atoms with Gasteiger partial charge in [0.2, 0.25) is 0 Å². The molecule has 1 saturated heterocycles. The summed E-state index contributed by atoms with van der Waals surface area (Å²) in [5.74, 6) is 0.00316. The molecular weight excluding hydrogens is 274 g/mol. The van der Waals surface area contributed by atoms with Crippen molar-refractivity contribution in [2.45, 2.75) is 57.0 Å². The first-order valence-corrected chi connectivity index (χ1v) is 8.63. The second kappa shape index (κ2) is 7.14. The summed E-state index contributed by atoms with van der Waals surface area (Å²) >= 11 is 0. The van der Waals surface area contributed by atoms with Crippen molar-refractivity contribution in [3.63, 3.8) is 0 Å². The minimum atomic E-state index is 0.00316. The first kappa shape index (κ1) is 15.3. The van der Waals surface area contributed by atoms with Crippen LogP contribution in [0.3, 0.4) is 0 Å². The molecule has 1 aliphatic heterocycles. The smallest absolute Gasteiger partial charge is 0.251 e. The summed E-state index contributed by atoms with van der Waals surface area (Å²) in [6.07, 6.45) is 9.02. The van der Waals surface area contributed by atoms with Crippen LogP contribution in [0.15, 0.2) is 24.3 Å². The molecule has 1 heterocycles. The molecule has 0 atom stereocenters. The van der Waals surface area contributed by atoms with Crippen molar-refractivity contribution in [1.82, 2.24) is 10.2 Å². The summed E-state index contributed by atoms with van der Waals surface area (Å²) in [5, 5.41) is 3.16. The molecule has 0 unspecified atom stereocenters. The Morgan fingerprint density at radius 1 is 1.09 bits per heavy atom. The number of rotatable bonds is 3. The van der Waals surface area contributed by atoms with Gasteiger partial charge in [0.1, 0.15) is 0 Å². The van der Waals surface area contributed by atoms with Crippen LogP contribution >= 0.6 is 0 Å². The summed E-state index contributed by atoms with van der Waals surface area (Å²) in [6, 6.07) is 8.29. The fourth-order valence-electron chi connectivity index (χ4n) is 3.80. The maximum absolute atomic E-state index is 12.3. The number of hydrogen-bond donors (Lipinski definition) is 2. The van der Waals surface area contributed by atoms with E-state index in [4.69, 9.17) is 5.73 Å². The van der Waals surface area contributed by atoms with Crippen molar-refractivity contribution < 1.29 is 4.79 Å². The van der Waals surface area contributed by atoms with E-state index in [2.05, 4.69) is 10.2 Å². The lowest BCUT2D eigenvalue weighted by atomic mass is 9.92. The summed E-state index contributed by atoms with van der Waals surface area (Å²) in [5.41, 5.74) is 7.04. The molecule has 2 aliphatic rings. The minimum Gasteiger partial charge on any atom is -0.399 e. The van der Waals surface area contributed by atoms with Crippen LogP contribution in [0.1, 0.15) is 55.3 Å². The highest BCUT2D eigenvalue weighted by molar-refractivity contribution is 5.95. The number of nitrogens with one attached hydrogen (secondary N) is 1. The zero-order valence-electron chi connectivity index (χ0n) is 13.3. The van der Waals surface area contributed by atoms with Crippen molar-refractivity contribution in [1.29, 1.82) is 0 Å². The Hall–Kier alpha value is -1.55. The molecule has 0 aromatic heterocycles. The highest BCUT2D eigenvalue weighted by Crippen LogP contribution is 2.25. The molecule has 2 fully saturated rings. The highest BCUT2D eigenvalue weighted by Gasteiger charge is 2.26. The first-order chi connectivity index (χ1) is 10.7. The van der Waals surface area contributed by atoms with Crippen LogP contribution < -0.4 is 11.1 Å². The molecule has 22 heavy (non-hydrogen) atoms. The molecule has 1 amide bonds. The van der Waals surface area contributed by atoms with Gasteiger partial charge in [0.25, 0.3) is 5.91 Å². The maximum atomic E-state index is 12.3. The van der Waals surface area contributed by atoms with Crippen LogP contribution in [0.5, 0.6) is 0 Å². The van der Waals surface area contributed by atoms with Gasteiger partial charge in [0, 0.05) is 36.4 Å². The summed E-state index contributed by atoms with van der Waals surface area (Å²) < 4.78 is 0. The van der Waals surface area contributed by atoms with E-state index >= 15 is 0 Å². The molecule has 0 bridgehead atoms. The van der Waals surface area contributed by atoms with Crippen molar-refractivity contribution in [3.05, 3.63) is 29.8 Å². The van der Waals surface area contributed by atoms with E-state index in [-0.39, 0.29) is 5.91 Å². The molecule has 0 radical (unpaired) electrons. The van der Waals surface area contributed by atoms with Gasteiger partial charge < -0.3 is 16.0 Å². The number of nitrogens with zero attached hydrogens (tertiary/aromatic N) is 1. The standard InChI is InChI=1S/C18H27N3O/c19-15-6-4-5-14(13-15)18(22)20-16-9-11-21(12-10-16)17-7-2-1-3-8-17/h4-6,13,16-17H,1-3,7-12,19H2,(H,20,22). The van der Waals surface area contributed by atoms with Gasteiger partial charge in [-0.05, 0) is 43.9 Å². The quantitative estimate of drug-likeness (QED) is 0.844. The number of likely N-dealkylation sites (tertiary alicyclic amines) is 1. The number of carbonyl (C=O) groups excluding carboxylic acids is 1. The predicted molar refractivity (Wildman–Crippen MR) is 89.8 cm³/mol. The number of benzene rings is 1. The van der Waals surface area contributed by atoms with Gasteiger partial charge in [-0.15, -0.1) is 0 Å². The molecule has 120 valence electrons. The lowest BCUT2D eigenvalue weighted by molar-refractivity contribution is 0.0865. The van der Waals surface area contributed by atoms with Gasteiger partial charge in [0.15, 0.2) is 0 Å². The molecule has 3 rings (SSSR count). The van der Waals surface area contributed by atoms with Crippen LogP contribution in [-0.2, 0) is 0 Å². The number of anilines is 1. The van der Waals surface area contributed by atoms with E-state index in [1.165, 1.54) is 32.1 Å². The van der Waals surface area contributed by atoms with Crippen molar-refractivity contribution >= 4 is 11.6 Å². The van der Waals surface area contributed by atoms with Gasteiger partial charge in [0.05, 0.1) is 0 Å². The van der Waals surface area contributed by atoms with E-state index in [0.29, 0.717) is 17.3 Å². The molecule has 4 heteroatoms. The molecule has 3 N–H and O–H groups in total. The second-order valence-electron chi connectivity index (χ2n) is 6.70. The lowest BCUT2D eigenvalue weighted by Crippen LogP contribution is -2.48. The van der Waals surface area contributed by atoms with E-state index in [9.17, 15) is 4.79 Å². The number of amides is 1. The number of nitrogens with two attached hydrogens (primary N) is 1. The Bertz CT molecular complexity index is 503. The SMILES string of the molecule is Nc1cccc(C(=O)NC2CCN(C3CCCCC3)CC2)c1. The van der Waals surface area contributed by atoms with Gasteiger partial charge in [-0.2, -0.15) is 0 Å². The second-order valence-corrected chi connectivity index (χ2v) is 6.70. The summed E-state index contributed by atoms with van der Waals surface area (Å²) in [6.45, 7) is 2.24. The fourth-order valence-corrected chi connectivity index (χ4v) is 3.80. The maximum Gasteiger partial charge on any atom is 0.251 e. The van der Waals surface area contributed by atoms with Crippen LogP contribution in [0.2, 0.25) is 0 Å². The normalized spacial score (nSPS) is 21.6. The predicted octanol–water partition coefficient (Wildman–Crippen LogP) is 2.80. The van der Waals surface area contributed by atoms with Crippen LogP contribution in [-0.4, -0.2) is 36.0 Å². The van der Waals surface area contributed by atoms with Crippen LogP contribution in [0.4, 0.5) is 5.69 Å². The summed E-state index contributed by atoms with van der Waals surface area (Å²) in [4.78, 5) is 14.9. The zero-order chi connectivity index (χ0) is 15.4. The Labute approximate surface area is 133 Å². The third kappa shape index (κ3) is 3.80. The lowest BCUT2D eigenvalue weighted by Gasteiger charge is -2.39. The number of carbonyl (C=O) groups is 1. The number of hydrogen-bond acceptors (Lipinski definition) is 3. The number of nitrogen functional groups attached to an aromatic ring is 1. The van der Waals surface area contributed by atoms with E-state index in [0.717, 1.165) is 32.0 Å². The van der Waals surface area contributed by atoms with E-state index in [1.54, 1.807) is 12.1 Å². The van der Waals surface area contributed by atoms with E-state index < -0.39 is 0 Å². The van der Waals surface area contributed by atoms with Gasteiger partial charge in [-0.25, -0.2) is 0 Å². The fraction of sp³-hybridized carbons (Fsp3) is 0.611. The number of piperidine rings is 1. The van der Waals surface area contributed by atoms with Gasteiger partial charge >= 0.3 is 0 Å². The highest BCUT2D eigenvalue weighted by atomic mass is 16.1. The molecule has 1 aliphatic carbocycles.